The number of hydrogen-bond acceptors (Lipinski definition) is 8. The monoisotopic (exact) mass is 642 g/mol. The van der Waals surface area contributed by atoms with Crippen LogP contribution in [-0.2, 0) is 28.8 Å². The summed E-state index contributed by atoms with van der Waals surface area (Å²) in [4.78, 5) is 70.3. The van der Waals surface area contributed by atoms with Crippen molar-refractivity contribution in [2.45, 2.75) is 51.9 Å². The minimum atomic E-state index is -4.64. The molecular weight excluding hydrogens is 609 g/mol. The van der Waals surface area contributed by atoms with Crippen LogP contribution < -0.4 is 16.1 Å². The average Bonchev–Trinajstić information content (AvgIpc) is 3.67. The molecule has 1 saturated heterocycles. The van der Waals surface area contributed by atoms with Crippen molar-refractivity contribution in [2.75, 3.05) is 38.3 Å². The van der Waals surface area contributed by atoms with Gasteiger partial charge in [-0.25, -0.2) is 14.8 Å². The van der Waals surface area contributed by atoms with E-state index in [1.165, 1.54) is 28.8 Å². The second-order valence-electron chi connectivity index (χ2n) is 10.8. The molecule has 1 aliphatic rings. The molecule has 46 heavy (non-hydrogen) atoms. The molecule has 16 heteroatoms. The number of fused-ring (bicyclic) bond motifs is 1. The van der Waals surface area contributed by atoms with Gasteiger partial charge in [0.2, 0.25) is 5.91 Å². The van der Waals surface area contributed by atoms with E-state index in [1.807, 2.05) is 6.92 Å². The van der Waals surface area contributed by atoms with E-state index in [4.69, 9.17) is 4.74 Å². The van der Waals surface area contributed by atoms with Gasteiger partial charge in [-0.1, -0.05) is 6.92 Å². The third kappa shape index (κ3) is 6.71. The highest BCUT2D eigenvalue weighted by Crippen LogP contribution is 2.28. The summed E-state index contributed by atoms with van der Waals surface area (Å²) in [6.45, 7) is 3.70. The molecule has 0 aromatic carbocycles. The number of amides is 2. The molecule has 0 bridgehead atoms. The van der Waals surface area contributed by atoms with Crippen molar-refractivity contribution in [3.8, 4) is 11.4 Å². The van der Waals surface area contributed by atoms with Gasteiger partial charge in [-0.2, -0.15) is 13.2 Å². The standard InChI is InChI=1S/C30H33F3N8O5/c1-3-11-40-26-24(28(44)41(29(40)45)14-5-13-38-12-4-6-23(38)42)36-25(37-26)19-8-10-22(35-17-19)39(15-16-46-2)27(43)20-7-9-21(34-18-20)30(31,32)33/h7-10,17-18H,3-6,11-16H2,1-2H3,(H,36,37). The Balaban J connectivity index is 1.42. The molecule has 0 unspecified atom stereocenters. The second kappa shape index (κ2) is 13.6. The maximum atomic E-state index is 13.4. The molecule has 0 atom stereocenters. The first-order valence-electron chi connectivity index (χ1n) is 14.8. The number of halogens is 3. The minimum Gasteiger partial charge on any atom is -0.383 e. The fraction of sp³-hybridized carbons (Fsp3) is 0.433. The lowest BCUT2D eigenvalue weighted by molar-refractivity contribution is -0.141. The van der Waals surface area contributed by atoms with Gasteiger partial charge in [-0.05, 0) is 43.5 Å². The number of aryl methyl sites for hydroxylation is 1. The smallest absolute Gasteiger partial charge is 0.383 e. The number of alkyl halides is 3. The van der Waals surface area contributed by atoms with Crippen LogP contribution in [0.2, 0.25) is 0 Å². The number of aromatic amines is 1. The van der Waals surface area contributed by atoms with Crippen molar-refractivity contribution < 1.29 is 27.5 Å². The third-order valence-electron chi connectivity index (χ3n) is 7.65. The van der Waals surface area contributed by atoms with Crippen molar-refractivity contribution in [1.29, 1.82) is 0 Å². The molecule has 0 radical (unpaired) electrons. The SMILES string of the molecule is CCCn1c(=O)n(CCCN2CCCC2=O)c(=O)c2[nH]c(-c3ccc(N(CCOC)C(=O)c4ccc(C(F)(F)F)nc4)nc3)nc21. The van der Waals surface area contributed by atoms with E-state index in [0.717, 1.165) is 29.3 Å². The molecule has 4 aromatic rings. The van der Waals surface area contributed by atoms with E-state index in [-0.39, 0.29) is 54.0 Å². The molecule has 0 aliphatic carbocycles. The lowest BCUT2D eigenvalue weighted by Crippen LogP contribution is -2.41. The Morgan fingerprint density at radius 3 is 2.46 bits per heavy atom. The van der Waals surface area contributed by atoms with E-state index in [0.29, 0.717) is 44.5 Å². The quantitative estimate of drug-likeness (QED) is 0.248. The number of likely N-dealkylation sites (tertiary alicyclic amines) is 1. The predicted molar refractivity (Wildman–Crippen MR) is 161 cm³/mol. The third-order valence-corrected chi connectivity index (χ3v) is 7.65. The van der Waals surface area contributed by atoms with Gasteiger partial charge in [0.1, 0.15) is 22.9 Å². The lowest BCUT2D eigenvalue weighted by atomic mass is 10.2. The van der Waals surface area contributed by atoms with E-state index < -0.39 is 29.0 Å². The fourth-order valence-corrected chi connectivity index (χ4v) is 5.32. The molecule has 5 heterocycles. The Bertz CT molecular complexity index is 1830. The van der Waals surface area contributed by atoms with Crippen LogP contribution in [0.15, 0.2) is 46.2 Å². The molecule has 2 amide bonds. The fourth-order valence-electron chi connectivity index (χ4n) is 5.32. The average molecular weight is 643 g/mol. The Kier molecular flexibility index (Phi) is 9.65. The van der Waals surface area contributed by atoms with Gasteiger partial charge in [-0.15, -0.1) is 0 Å². The van der Waals surface area contributed by atoms with Crippen LogP contribution in [0.4, 0.5) is 19.0 Å². The molecule has 1 aliphatic heterocycles. The summed E-state index contributed by atoms with van der Waals surface area (Å²) in [5, 5.41) is 0. The number of pyridine rings is 2. The summed E-state index contributed by atoms with van der Waals surface area (Å²) in [5.41, 5.74) is -1.37. The summed E-state index contributed by atoms with van der Waals surface area (Å²) < 4.78 is 46.6. The number of methoxy groups -OCH3 is 1. The Morgan fingerprint density at radius 2 is 1.85 bits per heavy atom. The van der Waals surface area contributed by atoms with E-state index >= 15 is 0 Å². The van der Waals surface area contributed by atoms with Crippen LogP contribution >= 0.6 is 0 Å². The van der Waals surface area contributed by atoms with Crippen molar-refractivity contribution in [3.63, 3.8) is 0 Å². The van der Waals surface area contributed by atoms with Gasteiger partial charge in [0, 0.05) is 57.7 Å². The Morgan fingerprint density at radius 1 is 1.04 bits per heavy atom. The van der Waals surface area contributed by atoms with Crippen molar-refractivity contribution in [3.05, 3.63) is 68.8 Å². The first-order valence-corrected chi connectivity index (χ1v) is 14.8. The molecule has 244 valence electrons. The van der Waals surface area contributed by atoms with E-state index in [2.05, 4.69) is 19.9 Å². The molecule has 0 spiro atoms. The highest BCUT2D eigenvalue weighted by molar-refractivity contribution is 6.05. The maximum Gasteiger partial charge on any atom is 0.433 e. The maximum absolute atomic E-state index is 13.4. The summed E-state index contributed by atoms with van der Waals surface area (Å²) >= 11 is 0. The first kappa shape index (κ1) is 32.5. The first-order chi connectivity index (χ1) is 22.0. The Labute approximate surface area is 260 Å². The van der Waals surface area contributed by atoms with Crippen LogP contribution in [-0.4, -0.2) is 79.1 Å². The van der Waals surface area contributed by atoms with Crippen LogP contribution in [0.3, 0.4) is 0 Å². The lowest BCUT2D eigenvalue weighted by Gasteiger charge is -2.21. The number of imidazole rings is 1. The largest absolute Gasteiger partial charge is 0.433 e. The highest BCUT2D eigenvalue weighted by atomic mass is 19.4. The van der Waals surface area contributed by atoms with Gasteiger partial charge in [0.15, 0.2) is 5.65 Å². The molecule has 1 fully saturated rings. The number of ether oxygens (including phenoxy) is 1. The normalized spacial score (nSPS) is 13.6. The van der Waals surface area contributed by atoms with Gasteiger partial charge < -0.3 is 14.6 Å². The predicted octanol–water partition coefficient (Wildman–Crippen LogP) is 3.08. The van der Waals surface area contributed by atoms with Crippen LogP contribution in [0.25, 0.3) is 22.6 Å². The van der Waals surface area contributed by atoms with E-state index in [9.17, 15) is 32.3 Å². The minimum absolute atomic E-state index is 0.0576. The number of carbonyl (C=O) groups excluding carboxylic acids is 2. The number of carbonyl (C=O) groups is 2. The Hall–Kier alpha value is -4.86. The summed E-state index contributed by atoms with van der Waals surface area (Å²) in [5.74, 6) is -0.0756. The summed E-state index contributed by atoms with van der Waals surface area (Å²) in [6.07, 6.45) is 0.0399. The molecule has 13 nitrogen and oxygen atoms in total. The summed E-state index contributed by atoms with van der Waals surface area (Å²) in [6, 6.07) is 4.94. The van der Waals surface area contributed by atoms with Gasteiger partial charge in [0.05, 0.1) is 18.7 Å². The van der Waals surface area contributed by atoms with Crippen LogP contribution in [0.5, 0.6) is 0 Å². The topological polar surface area (TPSA) is 148 Å². The summed E-state index contributed by atoms with van der Waals surface area (Å²) in [7, 11) is 1.45. The molecule has 0 saturated carbocycles. The number of nitrogens with zero attached hydrogens (tertiary/aromatic N) is 7. The van der Waals surface area contributed by atoms with Gasteiger partial charge in [-0.3, -0.25) is 33.4 Å². The van der Waals surface area contributed by atoms with Crippen LogP contribution in [0.1, 0.15) is 48.7 Å². The van der Waals surface area contributed by atoms with E-state index in [1.54, 1.807) is 11.0 Å². The van der Waals surface area contributed by atoms with Crippen molar-refractivity contribution in [2.24, 2.45) is 0 Å². The number of H-pyrrole nitrogens is 1. The number of aromatic nitrogens is 6. The van der Waals surface area contributed by atoms with Crippen molar-refractivity contribution >= 4 is 28.8 Å². The highest BCUT2D eigenvalue weighted by Gasteiger charge is 2.32. The molecule has 4 aromatic heterocycles. The number of nitrogens with one attached hydrogen (secondary N) is 1. The number of rotatable bonds is 12. The zero-order valence-corrected chi connectivity index (χ0v) is 25.3. The zero-order valence-electron chi connectivity index (χ0n) is 25.3. The van der Waals surface area contributed by atoms with Gasteiger partial charge >= 0.3 is 11.9 Å². The number of hydrogen-bond donors (Lipinski definition) is 1. The zero-order chi connectivity index (χ0) is 33.0. The molecular formula is C30H33F3N8O5. The van der Waals surface area contributed by atoms with Crippen LogP contribution in [0, 0.1) is 0 Å². The number of anilines is 1. The van der Waals surface area contributed by atoms with Crippen molar-refractivity contribution in [1.82, 2.24) is 34.0 Å². The second-order valence-corrected chi connectivity index (χ2v) is 10.8. The molecule has 5 rings (SSSR count). The van der Waals surface area contributed by atoms with Gasteiger partial charge in [0.25, 0.3) is 11.5 Å². The molecule has 1 N–H and O–H groups in total.